The van der Waals surface area contributed by atoms with Crippen molar-refractivity contribution in [3.63, 3.8) is 0 Å². The maximum Gasteiger partial charge on any atom is 0.287 e. The van der Waals surface area contributed by atoms with E-state index in [9.17, 15) is 19.1 Å². The molecule has 0 bridgehead atoms. The summed E-state index contributed by atoms with van der Waals surface area (Å²) in [5.74, 6) is -0.562. The smallest absolute Gasteiger partial charge is 0.287 e. The number of ether oxygens (including phenoxy) is 1. The molecule has 0 aliphatic heterocycles. The molecule has 0 aliphatic rings. The van der Waals surface area contributed by atoms with Crippen molar-refractivity contribution in [2.45, 2.75) is 32.4 Å². The first-order valence-corrected chi connectivity index (χ1v) is 9.62. The van der Waals surface area contributed by atoms with Gasteiger partial charge < -0.3 is 24.9 Å². The van der Waals surface area contributed by atoms with Crippen molar-refractivity contribution in [1.29, 1.82) is 0 Å². The number of hydrogen-bond donors (Lipinski definition) is 3. The summed E-state index contributed by atoms with van der Waals surface area (Å²) in [6.45, 7) is 6.98. The Morgan fingerprint density at radius 3 is 2.70 bits per heavy atom. The number of carbonyl (C=O) groups excluding carboxylic acids is 2. The highest BCUT2D eigenvalue weighted by Gasteiger charge is 2.19. The molecule has 1 aromatic carbocycles. The third kappa shape index (κ3) is 6.60. The van der Waals surface area contributed by atoms with Crippen LogP contribution in [0, 0.1) is 19.7 Å². The molecule has 2 unspecified atom stereocenters. The Labute approximate surface area is 178 Å². The highest BCUT2D eigenvalue weighted by molar-refractivity contribution is 6.30. The SMILES string of the molecule is C=CC(NC(=O)COc1ccc(Cl)c(F)c1)C(O)CCNC(=O)c1cc(C)c(C)o1. The van der Waals surface area contributed by atoms with Gasteiger partial charge in [-0.1, -0.05) is 17.7 Å². The van der Waals surface area contributed by atoms with Crippen LogP contribution in [0.15, 0.2) is 41.3 Å². The monoisotopic (exact) mass is 438 g/mol. The largest absolute Gasteiger partial charge is 0.484 e. The van der Waals surface area contributed by atoms with Crippen molar-refractivity contribution in [2.75, 3.05) is 13.2 Å². The van der Waals surface area contributed by atoms with Crippen LogP contribution in [0.3, 0.4) is 0 Å². The molecular weight excluding hydrogens is 415 g/mol. The molecule has 3 N–H and O–H groups in total. The molecular formula is C21H24ClFN2O5. The summed E-state index contributed by atoms with van der Waals surface area (Å²) in [6, 6.07) is 4.71. The van der Waals surface area contributed by atoms with Gasteiger partial charge in [-0.25, -0.2) is 4.39 Å². The van der Waals surface area contributed by atoms with Gasteiger partial charge in [-0.15, -0.1) is 6.58 Å². The Bertz CT molecular complexity index is 895. The lowest BCUT2D eigenvalue weighted by atomic mass is 10.1. The van der Waals surface area contributed by atoms with E-state index >= 15 is 0 Å². The first kappa shape index (κ1) is 23.4. The summed E-state index contributed by atoms with van der Waals surface area (Å²) in [5.41, 5.74) is 0.873. The molecule has 2 atom stereocenters. The van der Waals surface area contributed by atoms with Crippen molar-refractivity contribution < 1.29 is 28.2 Å². The van der Waals surface area contributed by atoms with Crippen molar-refractivity contribution >= 4 is 23.4 Å². The van der Waals surface area contributed by atoms with Crippen LogP contribution in [0.4, 0.5) is 4.39 Å². The minimum Gasteiger partial charge on any atom is -0.484 e. The lowest BCUT2D eigenvalue weighted by Crippen LogP contribution is -2.45. The van der Waals surface area contributed by atoms with Gasteiger partial charge in [0, 0.05) is 12.6 Å². The number of benzene rings is 1. The van der Waals surface area contributed by atoms with Gasteiger partial charge in [0.25, 0.3) is 11.8 Å². The maximum atomic E-state index is 13.4. The minimum absolute atomic E-state index is 0.0500. The fourth-order valence-corrected chi connectivity index (χ4v) is 2.66. The molecule has 162 valence electrons. The second-order valence-corrected chi connectivity index (χ2v) is 7.06. The standard InChI is InChI=1S/C21H24ClFN2O5/c1-4-17(25-20(27)11-29-14-5-6-15(22)16(23)10-14)18(26)7-8-24-21(28)19-9-12(2)13(3)30-19/h4-6,9-10,17-18,26H,1,7-8,11H2,2-3H3,(H,24,28)(H,25,27). The van der Waals surface area contributed by atoms with Gasteiger partial charge in [-0.05, 0) is 44.0 Å². The fraction of sp³-hybridized carbons (Fsp3) is 0.333. The van der Waals surface area contributed by atoms with Gasteiger partial charge in [0.15, 0.2) is 12.4 Å². The Morgan fingerprint density at radius 2 is 2.10 bits per heavy atom. The number of aliphatic hydroxyl groups excluding tert-OH is 1. The highest BCUT2D eigenvalue weighted by Crippen LogP contribution is 2.20. The molecule has 1 heterocycles. The maximum absolute atomic E-state index is 13.4. The predicted molar refractivity (Wildman–Crippen MR) is 110 cm³/mol. The fourth-order valence-electron chi connectivity index (χ4n) is 2.54. The Morgan fingerprint density at radius 1 is 1.37 bits per heavy atom. The molecule has 9 heteroatoms. The molecule has 0 aliphatic carbocycles. The first-order valence-electron chi connectivity index (χ1n) is 9.24. The summed E-state index contributed by atoms with van der Waals surface area (Å²) < 4.78 is 23.9. The number of carbonyl (C=O) groups is 2. The molecule has 0 spiro atoms. The Kier molecular flexibility index (Phi) is 8.44. The summed E-state index contributed by atoms with van der Waals surface area (Å²) in [4.78, 5) is 24.1. The Balaban J connectivity index is 1.77. The van der Waals surface area contributed by atoms with Gasteiger partial charge >= 0.3 is 0 Å². The molecule has 0 saturated heterocycles. The number of aliphatic hydroxyl groups is 1. The van der Waals surface area contributed by atoms with E-state index in [2.05, 4.69) is 17.2 Å². The van der Waals surface area contributed by atoms with Crippen LogP contribution in [0.25, 0.3) is 0 Å². The lowest BCUT2D eigenvalue weighted by Gasteiger charge is -2.21. The zero-order valence-electron chi connectivity index (χ0n) is 16.7. The normalized spacial score (nSPS) is 12.7. The van der Waals surface area contributed by atoms with Crippen molar-refractivity contribution in [3.8, 4) is 5.75 Å². The van der Waals surface area contributed by atoms with Crippen LogP contribution in [-0.2, 0) is 4.79 Å². The molecule has 1 aromatic heterocycles. The number of halogens is 2. The number of hydrogen-bond acceptors (Lipinski definition) is 5. The molecule has 30 heavy (non-hydrogen) atoms. The van der Waals surface area contributed by atoms with Crippen LogP contribution in [0.1, 0.15) is 28.3 Å². The number of nitrogens with one attached hydrogen (secondary N) is 2. The van der Waals surface area contributed by atoms with E-state index < -0.39 is 23.9 Å². The highest BCUT2D eigenvalue weighted by atomic mass is 35.5. The topological polar surface area (TPSA) is 101 Å². The number of rotatable bonds is 10. The van der Waals surface area contributed by atoms with Gasteiger partial charge in [0.05, 0.1) is 17.2 Å². The summed E-state index contributed by atoms with van der Waals surface area (Å²) in [7, 11) is 0. The van der Waals surface area contributed by atoms with Gasteiger partial charge in [-0.3, -0.25) is 9.59 Å². The molecule has 0 fully saturated rings. The lowest BCUT2D eigenvalue weighted by molar-refractivity contribution is -0.124. The Hall–Kier alpha value is -2.84. The van der Waals surface area contributed by atoms with Crippen LogP contribution >= 0.6 is 11.6 Å². The van der Waals surface area contributed by atoms with Crippen molar-refractivity contribution in [3.05, 3.63) is 64.8 Å². The number of furan rings is 1. The van der Waals surface area contributed by atoms with Crippen LogP contribution in [0.5, 0.6) is 5.75 Å². The number of amides is 2. The number of aryl methyl sites for hydroxylation is 2. The van der Waals surface area contributed by atoms with Crippen LogP contribution in [0.2, 0.25) is 5.02 Å². The van der Waals surface area contributed by atoms with E-state index in [4.69, 9.17) is 20.8 Å². The second kappa shape index (κ2) is 10.8. The van der Waals surface area contributed by atoms with Gasteiger partial charge in [-0.2, -0.15) is 0 Å². The predicted octanol–water partition coefficient (Wildman–Crippen LogP) is 2.92. The van der Waals surface area contributed by atoms with E-state index in [0.717, 1.165) is 11.6 Å². The molecule has 2 rings (SSSR count). The minimum atomic E-state index is -0.986. The molecule has 0 radical (unpaired) electrons. The third-order valence-electron chi connectivity index (χ3n) is 4.37. The average Bonchev–Trinajstić information content (AvgIpc) is 3.05. The van der Waals surface area contributed by atoms with E-state index in [1.54, 1.807) is 13.0 Å². The first-order chi connectivity index (χ1) is 14.2. The van der Waals surface area contributed by atoms with Gasteiger partial charge in [0.2, 0.25) is 0 Å². The van der Waals surface area contributed by atoms with Crippen molar-refractivity contribution in [2.24, 2.45) is 0 Å². The van der Waals surface area contributed by atoms with E-state index in [0.29, 0.717) is 5.76 Å². The second-order valence-electron chi connectivity index (χ2n) is 6.66. The molecule has 2 aromatic rings. The quantitative estimate of drug-likeness (QED) is 0.495. The zero-order valence-corrected chi connectivity index (χ0v) is 17.5. The van der Waals surface area contributed by atoms with Crippen LogP contribution < -0.4 is 15.4 Å². The van der Waals surface area contributed by atoms with Crippen LogP contribution in [-0.4, -0.2) is 42.2 Å². The summed E-state index contributed by atoms with van der Waals surface area (Å²) in [6.07, 6.45) is 0.566. The van der Waals surface area contributed by atoms with E-state index in [1.807, 2.05) is 6.92 Å². The molecule has 0 saturated carbocycles. The molecule has 2 amide bonds. The summed E-state index contributed by atoms with van der Waals surface area (Å²) in [5, 5.41) is 15.4. The third-order valence-corrected chi connectivity index (χ3v) is 4.68. The van der Waals surface area contributed by atoms with Crippen molar-refractivity contribution in [1.82, 2.24) is 10.6 Å². The zero-order chi connectivity index (χ0) is 22.3. The summed E-state index contributed by atoms with van der Waals surface area (Å²) >= 11 is 5.59. The van der Waals surface area contributed by atoms with Gasteiger partial charge in [0.1, 0.15) is 17.3 Å². The van der Waals surface area contributed by atoms with E-state index in [-0.39, 0.29) is 42.0 Å². The molecule has 7 nitrogen and oxygen atoms in total. The average molecular weight is 439 g/mol. The van der Waals surface area contributed by atoms with E-state index in [1.165, 1.54) is 18.2 Å².